The van der Waals surface area contributed by atoms with Gasteiger partial charge in [-0.2, -0.15) is 0 Å². The van der Waals surface area contributed by atoms with Gasteiger partial charge in [0.1, 0.15) is 0 Å². The number of thioether (sulfide) groups is 1. The highest BCUT2D eigenvalue weighted by Gasteiger charge is 2.14. The molecule has 0 aliphatic rings. The number of benzene rings is 1. The quantitative estimate of drug-likeness (QED) is 0.790. The second-order valence-corrected chi connectivity index (χ2v) is 6.02. The van der Waals surface area contributed by atoms with Crippen LogP contribution in [0.1, 0.15) is 27.2 Å². The van der Waals surface area contributed by atoms with E-state index in [-0.39, 0.29) is 18.3 Å². The van der Waals surface area contributed by atoms with Crippen molar-refractivity contribution in [3.05, 3.63) is 24.3 Å². The molecule has 1 amide bonds. The fourth-order valence-electron chi connectivity index (χ4n) is 1.68. The molecule has 1 aromatic rings. The molecule has 0 unspecified atom stereocenters. The lowest BCUT2D eigenvalue weighted by Gasteiger charge is -2.14. The van der Waals surface area contributed by atoms with Crippen molar-refractivity contribution >= 4 is 35.8 Å². The van der Waals surface area contributed by atoms with Crippen LogP contribution in [0, 0.1) is 5.92 Å². The zero-order valence-corrected chi connectivity index (χ0v) is 13.3. The number of amides is 1. The molecule has 0 aromatic heterocycles. The van der Waals surface area contributed by atoms with E-state index in [1.54, 1.807) is 11.8 Å². The van der Waals surface area contributed by atoms with Crippen molar-refractivity contribution in [3.8, 4) is 0 Å². The number of anilines is 1. The summed E-state index contributed by atoms with van der Waals surface area (Å²) >= 11 is 1.75. The van der Waals surface area contributed by atoms with E-state index in [1.807, 2.05) is 24.3 Å². The molecule has 1 aromatic carbocycles. The summed E-state index contributed by atoms with van der Waals surface area (Å²) in [6.45, 7) is 6.23. The van der Waals surface area contributed by atoms with Gasteiger partial charge in [-0.05, 0) is 36.3 Å². The summed E-state index contributed by atoms with van der Waals surface area (Å²) in [5.74, 6) is 1.33. The zero-order valence-electron chi connectivity index (χ0n) is 11.7. The highest BCUT2D eigenvalue weighted by molar-refractivity contribution is 7.99. The minimum absolute atomic E-state index is 0. The molecule has 0 saturated carbocycles. The molecule has 0 bridgehead atoms. The zero-order chi connectivity index (χ0) is 13.5. The highest BCUT2D eigenvalue weighted by atomic mass is 35.5. The van der Waals surface area contributed by atoms with Gasteiger partial charge in [-0.3, -0.25) is 4.79 Å². The summed E-state index contributed by atoms with van der Waals surface area (Å²) in [4.78, 5) is 13.0. The summed E-state index contributed by atoms with van der Waals surface area (Å²) in [6.07, 6.45) is 0.704. The standard InChI is InChI=1S/C14H22N2OS.ClH/c1-4-18-12-7-5-6-11(9-12)16-14(17)13(15)8-10(2)3;/h5-7,9-10,13H,4,8,15H2,1-3H3,(H,16,17);1H/t13-;/m0./s1. The van der Waals surface area contributed by atoms with Crippen LogP contribution in [0.15, 0.2) is 29.2 Å². The molecule has 5 heteroatoms. The Bertz CT molecular complexity index is 399. The molecule has 1 atom stereocenters. The van der Waals surface area contributed by atoms with E-state index >= 15 is 0 Å². The van der Waals surface area contributed by atoms with Crippen molar-refractivity contribution in [2.75, 3.05) is 11.1 Å². The van der Waals surface area contributed by atoms with Gasteiger partial charge < -0.3 is 11.1 Å². The Hall–Kier alpha value is -0.710. The minimum atomic E-state index is -0.438. The van der Waals surface area contributed by atoms with Crippen molar-refractivity contribution < 1.29 is 4.79 Å². The van der Waals surface area contributed by atoms with Crippen molar-refractivity contribution in [1.82, 2.24) is 0 Å². The minimum Gasteiger partial charge on any atom is -0.325 e. The number of carbonyl (C=O) groups is 1. The Morgan fingerprint density at radius 3 is 2.68 bits per heavy atom. The molecule has 0 heterocycles. The van der Waals surface area contributed by atoms with Crippen molar-refractivity contribution in [2.45, 2.75) is 38.1 Å². The molecule has 19 heavy (non-hydrogen) atoms. The van der Waals surface area contributed by atoms with E-state index in [1.165, 1.54) is 0 Å². The van der Waals surface area contributed by atoms with Crippen LogP contribution in [0.25, 0.3) is 0 Å². The Morgan fingerprint density at radius 1 is 1.42 bits per heavy atom. The first kappa shape index (κ1) is 18.3. The van der Waals surface area contributed by atoms with Crippen LogP contribution in [0.2, 0.25) is 0 Å². The fourth-order valence-corrected chi connectivity index (χ4v) is 2.40. The number of rotatable bonds is 6. The number of halogens is 1. The monoisotopic (exact) mass is 302 g/mol. The summed E-state index contributed by atoms with van der Waals surface area (Å²) in [5, 5.41) is 2.87. The van der Waals surface area contributed by atoms with E-state index in [0.717, 1.165) is 16.3 Å². The van der Waals surface area contributed by atoms with E-state index < -0.39 is 6.04 Å². The summed E-state index contributed by atoms with van der Waals surface area (Å²) in [7, 11) is 0. The molecule has 108 valence electrons. The normalized spacial score (nSPS) is 11.8. The van der Waals surface area contributed by atoms with E-state index in [0.29, 0.717) is 12.3 Å². The van der Waals surface area contributed by atoms with Gasteiger partial charge in [0.05, 0.1) is 6.04 Å². The van der Waals surface area contributed by atoms with E-state index in [9.17, 15) is 4.79 Å². The van der Waals surface area contributed by atoms with Crippen LogP contribution in [0.5, 0.6) is 0 Å². The first-order valence-electron chi connectivity index (χ1n) is 6.32. The van der Waals surface area contributed by atoms with Crippen LogP contribution < -0.4 is 11.1 Å². The van der Waals surface area contributed by atoms with Crippen LogP contribution in [0.4, 0.5) is 5.69 Å². The van der Waals surface area contributed by atoms with Crippen molar-refractivity contribution in [3.63, 3.8) is 0 Å². The van der Waals surface area contributed by atoms with Crippen LogP contribution in [-0.4, -0.2) is 17.7 Å². The first-order chi connectivity index (χ1) is 8.52. The molecule has 0 radical (unpaired) electrons. The molecule has 0 saturated heterocycles. The van der Waals surface area contributed by atoms with Crippen LogP contribution in [-0.2, 0) is 4.79 Å². The molecular weight excluding hydrogens is 280 g/mol. The number of nitrogens with one attached hydrogen (secondary N) is 1. The number of nitrogens with two attached hydrogens (primary N) is 1. The number of hydrogen-bond donors (Lipinski definition) is 2. The van der Waals surface area contributed by atoms with Gasteiger partial charge in [0.2, 0.25) is 5.91 Å². The van der Waals surface area contributed by atoms with Gasteiger partial charge in [-0.25, -0.2) is 0 Å². The summed E-state index contributed by atoms with van der Waals surface area (Å²) in [6, 6.07) is 7.42. The average molecular weight is 303 g/mol. The van der Waals surface area contributed by atoms with Gasteiger partial charge in [0, 0.05) is 10.6 Å². The molecule has 3 N–H and O–H groups in total. The van der Waals surface area contributed by atoms with Gasteiger partial charge in [0.25, 0.3) is 0 Å². The van der Waals surface area contributed by atoms with Crippen LogP contribution in [0.3, 0.4) is 0 Å². The predicted molar refractivity (Wildman–Crippen MR) is 86.1 cm³/mol. The topological polar surface area (TPSA) is 55.1 Å². The molecule has 0 aliphatic heterocycles. The van der Waals surface area contributed by atoms with E-state index in [4.69, 9.17) is 5.73 Å². The van der Waals surface area contributed by atoms with Gasteiger partial charge in [-0.1, -0.05) is 26.8 Å². The van der Waals surface area contributed by atoms with E-state index in [2.05, 4.69) is 26.1 Å². The summed E-state index contributed by atoms with van der Waals surface area (Å²) in [5.41, 5.74) is 6.66. The molecule has 0 spiro atoms. The van der Waals surface area contributed by atoms with Gasteiger partial charge >= 0.3 is 0 Å². The molecule has 0 aliphatic carbocycles. The lowest BCUT2D eigenvalue weighted by molar-refractivity contribution is -0.117. The maximum atomic E-state index is 11.9. The molecule has 3 nitrogen and oxygen atoms in total. The third-order valence-corrected chi connectivity index (χ3v) is 3.35. The molecule has 1 rings (SSSR count). The number of hydrogen-bond acceptors (Lipinski definition) is 3. The van der Waals surface area contributed by atoms with Crippen molar-refractivity contribution in [1.29, 1.82) is 0 Å². The maximum absolute atomic E-state index is 11.9. The first-order valence-corrected chi connectivity index (χ1v) is 7.30. The SMILES string of the molecule is CCSc1cccc(NC(=O)[C@@H](N)CC(C)C)c1.Cl. The Labute approximate surface area is 126 Å². The average Bonchev–Trinajstić information content (AvgIpc) is 2.29. The third kappa shape index (κ3) is 6.85. The third-order valence-electron chi connectivity index (χ3n) is 2.47. The maximum Gasteiger partial charge on any atom is 0.241 e. The number of carbonyl (C=O) groups excluding carboxylic acids is 1. The second-order valence-electron chi connectivity index (χ2n) is 4.69. The smallest absolute Gasteiger partial charge is 0.241 e. The molecular formula is C14H23ClN2OS. The fraction of sp³-hybridized carbons (Fsp3) is 0.500. The predicted octanol–water partition coefficient (Wildman–Crippen LogP) is 3.53. The molecule has 0 fully saturated rings. The van der Waals surface area contributed by atoms with Gasteiger partial charge in [-0.15, -0.1) is 24.2 Å². The van der Waals surface area contributed by atoms with Crippen molar-refractivity contribution in [2.24, 2.45) is 11.7 Å². The second kappa shape index (κ2) is 9.23. The lowest BCUT2D eigenvalue weighted by Crippen LogP contribution is -2.36. The highest BCUT2D eigenvalue weighted by Crippen LogP contribution is 2.21. The lowest BCUT2D eigenvalue weighted by atomic mass is 10.0. The Morgan fingerprint density at radius 2 is 2.11 bits per heavy atom. The van der Waals surface area contributed by atoms with Gasteiger partial charge in [0.15, 0.2) is 0 Å². The largest absolute Gasteiger partial charge is 0.325 e. The summed E-state index contributed by atoms with van der Waals surface area (Å²) < 4.78 is 0. The Balaban J connectivity index is 0.00000324. The van der Waals surface area contributed by atoms with Crippen LogP contribution >= 0.6 is 24.2 Å². The Kier molecular flexibility index (Phi) is 8.89.